The molecule has 0 aromatic carbocycles. The summed E-state index contributed by atoms with van der Waals surface area (Å²) in [6, 6.07) is 1.05. The number of hydrogen-bond acceptors (Lipinski definition) is 2. The maximum atomic E-state index is 11.9. The van der Waals surface area contributed by atoms with Crippen molar-refractivity contribution in [1.82, 2.24) is 10.2 Å². The van der Waals surface area contributed by atoms with E-state index in [1.807, 2.05) is 4.90 Å². The van der Waals surface area contributed by atoms with Crippen molar-refractivity contribution < 1.29 is 4.79 Å². The molecule has 2 aliphatic carbocycles. The molecule has 3 nitrogen and oxygen atoms in total. The Labute approximate surface area is 97.9 Å². The van der Waals surface area contributed by atoms with Gasteiger partial charge >= 0.3 is 0 Å². The molecule has 0 radical (unpaired) electrons. The van der Waals surface area contributed by atoms with Gasteiger partial charge in [0, 0.05) is 18.6 Å². The lowest BCUT2D eigenvalue weighted by Crippen LogP contribution is -2.42. The van der Waals surface area contributed by atoms with Gasteiger partial charge in [0.25, 0.3) is 0 Å². The highest BCUT2D eigenvalue weighted by Crippen LogP contribution is 2.26. The molecule has 2 rings (SSSR count). The molecule has 2 aliphatic rings. The predicted octanol–water partition coefficient (Wildman–Crippen LogP) is 1.70. The van der Waals surface area contributed by atoms with Gasteiger partial charge in [0.2, 0.25) is 5.91 Å². The van der Waals surface area contributed by atoms with Crippen molar-refractivity contribution in [3.05, 3.63) is 12.2 Å². The van der Waals surface area contributed by atoms with E-state index in [1.54, 1.807) is 0 Å². The molecule has 0 aromatic rings. The van der Waals surface area contributed by atoms with Gasteiger partial charge in [0.15, 0.2) is 0 Å². The SMILES string of the molecule is CCN(C(=O)CNC1CC=CCC1)C1CC1. The van der Waals surface area contributed by atoms with Gasteiger partial charge in [-0.2, -0.15) is 0 Å². The van der Waals surface area contributed by atoms with Crippen molar-refractivity contribution in [2.75, 3.05) is 13.1 Å². The van der Waals surface area contributed by atoms with Crippen molar-refractivity contribution in [2.24, 2.45) is 0 Å². The van der Waals surface area contributed by atoms with Crippen molar-refractivity contribution in [1.29, 1.82) is 0 Å². The zero-order valence-electron chi connectivity index (χ0n) is 10.1. The van der Waals surface area contributed by atoms with Gasteiger partial charge in [0.1, 0.15) is 0 Å². The van der Waals surface area contributed by atoms with Gasteiger partial charge in [-0.25, -0.2) is 0 Å². The minimum absolute atomic E-state index is 0.277. The maximum Gasteiger partial charge on any atom is 0.236 e. The summed E-state index contributed by atoms with van der Waals surface area (Å²) >= 11 is 0. The Kier molecular flexibility index (Phi) is 3.99. The molecule has 0 spiro atoms. The van der Waals surface area contributed by atoms with E-state index in [9.17, 15) is 4.79 Å². The lowest BCUT2D eigenvalue weighted by Gasteiger charge is -2.24. The second kappa shape index (κ2) is 5.48. The molecule has 16 heavy (non-hydrogen) atoms. The second-order valence-corrected chi connectivity index (χ2v) is 4.77. The highest BCUT2D eigenvalue weighted by atomic mass is 16.2. The van der Waals surface area contributed by atoms with Crippen LogP contribution in [0.4, 0.5) is 0 Å². The minimum atomic E-state index is 0.277. The third-order valence-corrected chi connectivity index (χ3v) is 3.46. The fraction of sp³-hybridized carbons (Fsp3) is 0.769. The van der Waals surface area contributed by atoms with E-state index in [1.165, 1.54) is 19.3 Å². The van der Waals surface area contributed by atoms with E-state index < -0.39 is 0 Å². The quantitative estimate of drug-likeness (QED) is 0.718. The number of amides is 1. The Morgan fingerprint density at radius 3 is 2.75 bits per heavy atom. The van der Waals surface area contributed by atoms with Crippen LogP contribution in [0.1, 0.15) is 39.0 Å². The highest BCUT2D eigenvalue weighted by molar-refractivity contribution is 5.78. The minimum Gasteiger partial charge on any atom is -0.339 e. The first-order valence-electron chi connectivity index (χ1n) is 6.49. The summed E-state index contributed by atoms with van der Waals surface area (Å²) in [4.78, 5) is 14.0. The van der Waals surface area contributed by atoms with Crippen LogP contribution >= 0.6 is 0 Å². The van der Waals surface area contributed by atoms with Gasteiger partial charge in [-0.1, -0.05) is 12.2 Å². The number of nitrogens with zero attached hydrogens (tertiary/aromatic N) is 1. The van der Waals surface area contributed by atoms with Crippen LogP contribution < -0.4 is 5.32 Å². The van der Waals surface area contributed by atoms with Gasteiger partial charge in [-0.05, 0) is 39.0 Å². The lowest BCUT2D eigenvalue weighted by atomic mass is 10.0. The van der Waals surface area contributed by atoms with Crippen molar-refractivity contribution in [3.8, 4) is 0 Å². The van der Waals surface area contributed by atoms with Crippen molar-refractivity contribution >= 4 is 5.91 Å². The first-order valence-corrected chi connectivity index (χ1v) is 6.49. The molecule has 0 bridgehead atoms. The molecule has 1 amide bonds. The van der Waals surface area contributed by atoms with Crippen LogP contribution in [0.5, 0.6) is 0 Å². The van der Waals surface area contributed by atoms with E-state index in [0.29, 0.717) is 18.6 Å². The number of rotatable bonds is 5. The summed E-state index contributed by atoms with van der Waals surface area (Å²) in [5, 5.41) is 3.38. The van der Waals surface area contributed by atoms with Crippen LogP contribution in [0.25, 0.3) is 0 Å². The zero-order chi connectivity index (χ0) is 11.4. The van der Waals surface area contributed by atoms with Gasteiger partial charge in [-0.15, -0.1) is 0 Å². The topological polar surface area (TPSA) is 32.3 Å². The molecule has 1 N–H and O–H groups in total. The molecule has 0 saturated heterocycles. The summed E-state index contributed by atoms with van der Waals surface area (Å²) < 4.78 is 0. The Hall–Kier alpha value is -0.830. The van der Waals surface area contributed by atoms with Crippen molar-refractivity contribution in [2.45, 2.75) is 51.1 Å². The van der Waals surface area contributed by atoms with Crippen LogP contribution in [0, 0.1) is 0 Å². The summed E-state index contributed by atoms with van der Waals surface area (Å²) in [6.45, 7) is 3.44. The number of nitrogens with one attached hydrogen (secondary N) is 1. The van der Waals surface area contributed by atoms with Crippen molar-refractivity contribution in [3.63, 3.8) is 0 Å². The molecular formula is C13H22N2O. The largest absolute Gasteiger partial charge is 0.339 e. The van der Waals surface area contributed by atoms with Crippen LogP contribution in [-0.2, 0) is 4.79 Å². The fourth-order valence-corrected chi connectivity index (χ4v) is 2.34. The van der Waals surface area contributed by atoms with Crippen LogP contribution in [0.15, 0.2) is 12.2 Å². The third kappa shape index (κ3) is 3.08. The number of likely N-dealkylation sites (N-methyl/N-ethyl adjacent to an activating group) is 1. The standard InChI is InChI=1S/C13H22N2O/c1-2-15(12-8-9-12)13(16)10-14-11-6-4-3-5-7-11/h3-4,11-12,14H,2,5-10H2,1H3. The Morgan fingerprint density at radius 1 is 1.38 bits per heavy atom. The number of allylic oxidation sites excluding steroid dienone is 1. The average molecular weight is 222 g/mol. The molecule has 0 aliphatic heterocycles. The molecule has 90 valence electrons. The van der Waals surface area contributed by atoms with E-state index in [4.69, 9.17) is 0 Å². The lowest BCUT2D eigenvalue weighted by molar-refractivity contribution is -0.130. The fourth-order valence-electron chi connectivity index (χ4n) is 2.34. The number of hydrogen-bond donors (Lipinski definition) is 1. The molecular weight excluding hydrogens is 200 g/mol. The monoisotopic (exact) mass is 222 g/mol. The third-order valence-electron chi connectivity index (χ3n) is 3.46. The summed E-state index contributed by atoms with van der Waals surface area (Å²) in [7, 11) is 0. The zero-order valence-corrected chi connectivity index (χ0v) is 10.1. The van der Waals surface area contributed by atoms with Crippen LogP contribution in [-0.4, -0.2) is 36.0 Å². The average Bonchev–Trinajstić information content (AvgIpc) is 3.13. The molecule has 3 heteroatoms. The smallest absolute Gasteiger partial charge is 0.236 e. The van der Waals surface area contributed by atoms with E-state index in [0.717, 1.165) is 19.4 Å². The summed E-state index contributed by atoms with van der Waals surface area (Å²) in [6.07, 6.45) is 10.2. The molecule has 1 saturated carbocycles. The highest BCUT2D eigenvalue weighted by Gasteiger charge is 2.31. The normalized spacial score (nSPS) is 24.4. The molecule has 1 fully saturated rings. The predicted molar refractivity (Wildman–Crippen MR) is 65.2 cm³/mol. The van der Waals surface area contributed by atoms with Gasteiger partial charge in [0.05, 0.1) is 6.54 Å². The van der Waals surface area contributed by atoms with Gasteiger partial charge < -0.3 is 10.2 Å². The van der Waals surface area contributed by atoms with Crippen LogP contribution in [0.3, 0.4) is 0 Å². The van der Waals surface area contributed by atoms with E-state index >= 15 is 0 Å². The molecule has 0 aromatic heterocycles. The summed E-state index contributed by atoms with van der Waals surface area (Å²) in [5.74, 6) is 0.277. The molecule has 0 heterocycles. The molecule has 1 atom stereocenters. The second-order valence-electron chi connectivity index (χ2n) is 4.77. The van der Waals surface area contributed by atoms with E-state index in [2.05, 4.69) is 24.4 Å². The first-order chi connectivity index (χ1) is 7.81. The number of carbonyl (C=O) groups excluding carboxylic acids is 1. The Morgan fingerprint density at radius 2 is 2.19 bits per heavy atom. The maximum absolute atomic E-state index is 11.9. The first kappa shape index (κ1) is 11.6. The Balaban J connectivity index is 1.71. The summed E-state index contributed by atoms with van der Waals surface area (Å²) in [5.41, 5.74) is 0. The van der Waals surface area contributed by atoms with Crippen LogP contribution in [0.2, 0.25) is 0 Å². The number of carbonyl (C=O) groups is 1. The van der Waals surface area contributed by atoms with Gasteiger partial charge in [-0.3, -0.25) is 4.79 Å². The molecule has 1 unspecified atom stereocenters. The Bertz CT molecular complexity index is 271. The van der Waals surface area contributed by atoms with E-state index in [-0.39, 0.29) is 5.91 Å².